The average molecular weight is 721 g/mol. The molecule has 3 heterocycles. The van der Waals surface area contributed by atoms with Gasteiger partial charge in [-0.15, -0.1) is 11.3 Å². The lowest BCUT2D eigenvalue weighted by molar-refractivity contribution is 0.426. The van der Waals surface area contributed by atoms with E-state index in [0.29, 0.717) is 0 Å². The summed E-state index contributed by atoms with van der Waals surface area (Å²) in [5.74, 6) is 2.23. The summed E-state index contributed by atoms with van der Waals surface area (Å²) in [6, 6.07) is 4.31. The summed E-state index contributed by atoms with van der Waals surface area (Å²) in [5.41, 5.74) is 20.4. The van der Waals surface area contributed by atoms with E-state index >= 15 is 0 Å². The van der Waals surface area contributed by atoms with Crippen molar-refractivity contribution in [3.05, 3.63) is 101 Å². The highest BCUT2D eigenvalue weighted by Crippen LogP contribution is 2.43. The van der Waals surface area contributed by atoms with Crippen LogP contribution in [0.5, 0.6) is 0 Å². The van der Waals surface area contributed by atoms with E-state index in [0.717, 1.165) is 22.7 Å². The number of thiophene rings is 1. The number of aryl methyl sites for hydroxylation is 9. The normalized spacial score (nSPS) is 12.4. The van der Waals surface area contributed by atoms with Crippen LogP contribution in [0.15, 0.2) is 21.0 Å². The van der Waals surface area contributed by atoms with Crippen molar-refractivity contribution in [3.8, 4) is 0 Å². The third-order valence-corrected chi connectivity index (χ3v) is 13.5. The van der Waals surface area contributed by atoms with Crippen LogP contribution < -0.4 is 0 Å². The molecule has 0 unspecified atom stereocenters. The molecule has 0 aliphatic heterocycles. The van der Waals surface area contributed by atoms with Gasteiger partial charge >= 0.3 is 0 Å². The minimum Gasteiger partial charge on any atom is -0.460 e. The van der Waals surface area contributed by atoms with Gasteiger partial charge in [0.2, 0.25) is 0 Å². The number of fused-ring (bicyclic) bond motifs is 3. The van der Waals surface area contributed by atoms with Gasteiger partial charge < -0.3 is 8.83 Å². The maximum absolute atomic E-state index is 6.21. The van der Waals surface area contributed by atoms with Crippen LogP contribution in [0.3, 0.4) is 0 Å². The molecule has 0 saturated carbocycles. The smallest absolute Gasteiger partial charge is 0.138 e. The van der Waals surface area contributed by atoms with Crippen molar-refractivity contribution in [2.45, 2.75) is 169 Å². The fraction of sp³-hybridized carbons (Fsp3) is 0.510. The van der Waals surface area contributed by atoms with E-state index in [1.807, 2.05) is 11.3 Å². The Bertz CT molecular complexity index is 2190. The Kier molecular flexibility index (Phi) is 11.3. The fourth-order valence-electron chi connectivity index (χ4n) is 8.12. The van der Waals surface area contributed by atoms with Crippen molar-refractivity contribution in [2.24, 2.45) is 0 Å². The minimum atomic E-state index is 0.0593. The summed E-state index contributed by atoms with van der Waals surface area (Å²) in [6.07, 6.45) is 0. The molecular formula is C49H68O2S. The van der Waals surface area contributed by atoms with Gasteiger partial charge in [-0.05, 0) is 173 Å². The van der Waals surface area contributed by atoms with Crippen LogP contribution in [0.1, 0.15) is 151 Å². The quantitative estimate of drug-likeness (QED) is 0.156. The van der Waals surface area contributed by atoms with Crippen molar-refractivity contribution in [1.82, 2.24) is 0 Å². The van der Waals surface area contributed by atoms with Gasteiger partial charge in [-0.25, -0.2) is 0 Å². The summed E-state index contributed by atoms with van der Waals surface area (Å²) < 4.78 is 13.8. The van der Waals surface area contributed by atoms with Crippen LogP contribution in [-0.4, -0.2) is 0 Å². The van der Waals surface area contributed by atoms with Gasteiger partial charge in [0.05, 0.1) is 0 Å². The van der Waals surface area contributed by atoms with Gasteiger partial charge in [0, 0.05) is 31.2 Å². The van der Waals surface area contributed by atoms with Gasteiger partial charge in [-0.2, -0.15) is 0 Å². The first-order chi connectivity index (χ1) is 23.6. The third-order valence-electron chi connectivity index (χ3n) is 11.6. The molecule has 0 radical (unpaired) electrons. The zero-order valence-corrected chi connectivity index (χ0v) is 37.7. The molecule has 6 rings (SSSR count). The minimum absolute atomic E-state index is 0.0593. The Labute approximate surface area is 320 Å². The van der Waals surface area contributed by atoms with Crippen LogP contribution in [0.4, 0.5) is 0 Å². The molecule has 0 fully saturated rings. The van der Waals surface area contributed by atoms with Crippen LogP contribution in [0.2, 0.25) is 0 Å². The summed E-state index contributed by atoms with van der Waals surface area (Å²) in [5, 5.41) is 4.12. The maximum atomic E-state index is 6.21. The lowest BCUT2D eigenvalue weighted by atomic mass is 9.88. The lowest BCUT2D eigenvalue weighted by Crippen LogP contribution is -2.11. The van der Waals surface area contributed by atoms with Crippen LogP contribution in [-0.2, 0) is 16.2 Å². The van der Waals surface area contributed by atoms with Gasteiger partial charge in [0.25, 0.3) is 0 Å². The molecule has 0 bridgehead atoms. The maximum Gasteiger partial charge on any atom is 0.138 e. The molecule has 3 heteroatoms. The number of rotatable bonds is 0. The highest BCUT2D eigenvalue weighted by atomic mass is 32.1. The van der Waals surface area contributed by atoms with Crippen LogP contribution in [0, 0.1) is 90.0 Å². The molecule has 3 aromatic carbocycles. The van der Waals surface area contributed by atoms with E-state index in [1.165, 1.54) is 98.1 Å². The Morgan fingerprint density at radius 1 is 0.365 bits per heavy atom. The van der Waals surface area contributed by atoms with Gasteiger partial charge in [0.15, 0.2) is 0 Å². The molecule has 6 aromatic rings. The molecule has 0 aliphatic rings. The fourth-order valence-corrected chi connectivity index (χ4v) is 9.60. The first-order valence-corrected chi connectivity index (χ1v) is 20.0. The molecule has 52 heavy (non-hydrogen) atoms. The second-order valence-electron chi connectivity index (χ2n) is 18.7. The molecule has 282 valence electrons. The summed E-state index contributed by atoms with van der Waals surface area (Å²) in [7, 11) is 0. The number of benzene rings is 3. The molecule has 0 aliphatic carbocycles. The van der Waals surface area contributed by atoms with Crippen LogP contribution >= 0.6 is 11.3 Å². The monoisotopic (exact) mass is 720 g/mol. The van der Waals surface area contributed by atoms with E-state index in [9.17, 15) is 0 Å². The standard InChI is InChI=1S/C17H24O.C17H24S.C15H20O/c2*1-9-10(2)12(4)15-14(11(9)3)13(5)16(18-15)17(6,7)8;1-9-7-8-10(2)13-12(9)11(3)14(16-13)15(4,5)6/h2*1-8H3;7-8H,1-6H3. The highest BCUT2D eigenvalue weighted by molar-refractivity contribution is 7.19. The predicted octanol–water partition coefficient (Wildman–Crippen LogP) is 15.7. The second kappa shape index (κ2) is 14.2. The van der Waals surface area contributed by atoms with Gasteiger partial charge in [-0.1, -0.05) is 74.4 Å². The van der Waals surface area contributed by atoms with Crippen molar-refractivity contribution < 1.29 is 8.83 Å². The molecule has 0 amide bonds. The lowest BCUT2D eigenvalue weighted by Gasteiger charge is -2.17. The SMILES string of the molecule is Cc1c(C)c(C)c2c(C)c(C(C)(C)C)oc2c1C.Cc1c(C)c(C)c2c(C)c(C(C)(C)C)sc2c1C.Cc1ccc(C)c2c(C)c(C(C)(C)C)oc12. The molecule has 0 saturated heterocycles. The van der Waals surface area contributed by atoms with E-state index in [2.05, 4.69) is 164 Å². The van der Waals surface area contributed by atoms with E-state index in [-0.39, 0.29) is 16.2 Å². The van der Waals surface area contributed by atoms with E-state index in [4.69, 9.17) is 8.83 Å². The molecule has 0 atom stereocenters. The molecule has 3 aromatic heterocycles. The van der Waals surface area contributed by atoms with Crippen molar-refractivity contribution >= 4 is 43.4 Å². The molecular weight excluding hydrogens is 653 g/mol. The predicted molar refractivity (Wildman–Crippen MR) is 232 cm³/mol. The van der Waals surface area contributed by atoms with Crippen molar-refractivity contribution in [1.29, 1.82) is 0 Å². The zero-order chi connectivity index (χ0) is 39.7. The number of furan rings is 2. The average Bonchev–Trinajstić information content (AvgIpc) is 3.70. The molecule has 0 N–H and O–H groups in total. The number of hydrogen-bond acceptors (Lipinski definition) is 3. The van der Waals surface area contributed by atoms with E-state index < -0.39 is 0 Å². The Morgan fingerprint density at radius 2 is 0.769 bits per heavy atom. The summed E-state index contributed by atoms with van der Waals surface area (Å²) >= 11 is 1.99. The van der Waals surface area contributed by atoms with Crippen LogP contribution in [0.25, 0.3) is 32.0 Å². The van der Waals surface area contributed by atoms with Crippen molar-refractivity contribution in [3.63, 3.8) is 0 Å². The van der Waals surface area contributed by atoms with E-state index in [1.54, 1.807) is 0 Å². The zero-order valence-electron chi connectivity index (χ0n) is 36.9. The number of hydrogen-bond donors (Lipinski definition) is 0. The Balaban J connectivity index is 0.000000175. The second-order valence-corrected chi connectivity index (χ2v) is 19.8. The highest BCUT2D eigenvalue weighted by Gasteiger charge is 2.27. The molecule has 0 spiro atoms. The van der Waals surface area contributed by atoms with Crippen molar-refractivity contribution in [2.75, 3.05) is 0 Å². The topological polar surface area (TPSA) is 26.3 Å². The Hall–Kier alpha value is -3.30. The summed E-state index contributed by atoms with van der Waals surface area (Å²) in [6.45, 7) is 48.9. The Morgan fingerprint density at radius 3 is 1.23 bits per heavy atom. The molecule has 2 nitrogen and oxygen atoms in total. The van der Waals surface area contributed by atoms with Gasteiger partial charge in [-0.3, -0.25) is 0 Å². The first-order valence-electron chi connectivity index (χ1n) is 19.1. The summed E-state index contributed by atoms with van der Waals surface area (Å²) in [4.78, 5) is 1.54. The first kappa shape index (κ1) is 41.5. The third kappa shape index (κ3) is 7.29. The largest absolute Gasteiger partial charge is 0.460 e. The van der Waals surface area contributed by atoms with Gasteiger partial charge in [0.1, 0.15) is 22.7 Å².